The third kappa shape index (κ3) is 2.84. The third-order valence-corrected chi connectivity index (χ3v) is 5.65. The third-order valence-electron chi connectivity index (χ3n) is 5.65. The summed E-state index contributed by atoms with van der Waals surface area (Å²) in [5.41, 5.74) is 4.43. The Bertz CT molecular complexity index is 1120. The molecule has 140 valence electrons. The summed E-state index contributed by atoms with van der Waals surface area (Å²) >= 11 is 0. The van der Waals surface area contributed by atoms with E-state index in [2.05, 4.69) is 67.9 Å². The molecule has 0 aromatic heterocycles. The van der Waals surface area contributed by atoms with Crippen LogP contribution in [0.25, 0.3) is 10.8 Å². The van der Waals surface area contributed by atoms with Gasteiger partial charge in [-0.3, -0.25) is 9.69 Å². The molecule has 3 nitrogen and oxygen atoms in total. The van der Waals surface area contributed by atoms with Crippen LogP contribution in [0.2, 0.25) is 0 Å². The van der Waals surface area contributed by atoms with Crippen molar-refractivity contribution in [1.29, 1.82) is 0 Å². The minimum Gasteiger partial charge on any atom is -0.288 e. The van der Waals surface area contributed by atoms with Gasteiger partial charge in [-0.2, -0.15) is 4.58 Å². The number of nitrogens with zero attached hydrogens (tertiary/aromatic N) is 2. The van der Waals surface area contributed by atoms with E-state index in [0.29, 0.717) is 0 Å². The van der Waals surface area contributed by atoms with Gasteiger partial charge in [0.25, 0.3) is 0 Å². The zero-order valence-electron chi connectivity index (χ0n) is 16.8. The van der Waals surface area contributed by atoms with E-state index in [1.54, 1.807) is 11.8 Å². The van der Waals surface area contributed by atoms with Gasteiger partial charge in [-0.05, 0) is 42.8 Å². The maximum Gasteiger partial charge on any atom is 0.227 e. The molecule has 3 aromatic carbocycles. The van der Waals surface area contributed by atoms with Gasteiger partial charge in [0.2, 0.25) is 11.6 Å². The van der Waals surface area contributed by atoms with Gasteiger partial charge >= 0.3 is 0 Å². The van der Waals surface area contributed by atoms with Crippen molar-refractivity contribution in [3.8, 4) is 0 Å². The number of para-hydroxylation sites is 1. The summed E-state index contributed by atoms with van der Waals surface area (Å²) in [6.07, 6.45) is 3.96. The molecular weight excluding hydrogens is 344 g/mol. The molecule has 1 aliphatic heterocycles. The normalized spacial score (nSPS) is 15.3. The number of benzene rings is 3. The lowest BCUT2D eigenvalue weighted by atomic mass is 9.79. The second-order valence-corrected chi connectivity index (χ2v) is 7.79. The zero-order chi connectivity index (χ0) is 19.9. The van der Waals surface area contributed by atoms with Crippen LogP contribution in [0.5, 0.6) is 0 Å². The Morgan fingerprint density at radius 2 is 1.64 bits per heavy atom. The van der Waals surface area contributed by atoms with Crippen LogP contribution in [0.1, 0.15) is 26.3 Å². The van der Waals surface area contributed by atoms with Gasteiger partial charge in [0, 0.05) is 36.5 Å². The Labute approximate surface area is 166 Å². The van der Waals surface area contributed by atoms with E-state index in [9.17, 15) is 4.79 Å². The number of allylic oxidation sites excluding steroid dienone is 1. The largest absolute Gasteiger partial charge is 0.288 e. The van der Waals surface area contributed by atoms with Gasteiger partial charge in [-0.15, -0.1) is 0 Å². The van der Waals surface area contributed by atoms with Gasteiger partial charge in [-0.1, -0.05) is 42.5 Å². The van der Waals surface area contributed by atoms with E-state index >= 15 is 0 Å². The molecule has 1 heterocycles. The van der Waals surface area contributed by atoms with Crippen molar-refractivity contribution in [3.63, 3.8) is 0 Å². The van der Waals surface area contributed by atoms with Gasteiger partial charge in [0.05, 0.1) is 5.41 Å². The molecule has 0 saturated heterocycles. The van der Waals surface area contributed by atoms with E-state index in [-0.39, 0.29) is 11.3 Å². The van der Waals surface area contributed by atoms with Crippen molar-refractivity contribution in [3.05, 3.63) is 84.6 Å². The molecule has 28 heavy (non-hydrogen) atoms. The molecule has 0 bridgehead atoms. The predicted molar refractivity (Wildman–Crippen MR) is 117 cm³/mol. The summed E-state index contributed by atoms with van der Waals surface area (Å²) in [6.45, 7) is 6.10. The standard InChI is InChI=1S/C25H25N2O/c1-18(28)27(20-11-6-5-7-12-20)17-16-23-25(2,3)24-21-13-9-8-10-19(21)14-15-22(24)26(23)4/h5-17H,1-4H3/q+1. The molecule has 1 amide bonds. The predicted octanol–water partition coefficient (Wildman–Crippen LogP) is 5.41. The molecule has 1 aliphatic rings. The summed E-state index contributed by atoms with van der Waals surface area (Å²) in [6, 6.07) is 22.6. The fraction of sp³-hybridized carbons (Fsp3) is 0.200. The summed E-state index contributed by atoms with van der Waals surface area (Å²) < 4.78 is 2.24. The van der Waals surface area contributed by atoms with E-state index in [0.717, 1.165) is 5.69 Å². The Balaban J connectivity index is 1.80. The molecule has 4 rings (SSSR count). The molecule has 0 fully saturated rings. The van der Waals surface area contributed by atoms with Crippen LogP contribution in [0.15, 0.2) is 79.0 Å². The molecule has 0 radical (unpaired) electrons. The molecule has 0 unspecified atom stereocenters. The maximum absolute atomic E-state index is 12.2. The smallest absolute Gasteiger partial charge is 0.227 e. The molecule has 0 saturated carbocycles. The van der Waals surface area contributed by atoms with E-state index in [1.807, 2.05) is 36.5 Å². The van der Waals surface area contributed by atoms with Crippen LogP contribution in [-0.4, -0.2) is 23.2 Å². The molecule has 3 heteroatoms. The van der Waals surface area contributed by atoms with Crippen molar-refractivity contribution < 1.29 is 9.37 Å². The average molecular weight is 369 g/mol. The highest BCUT2D eigenvalue weighted by atomic mass is 16.2. The van der Waals surface area contributed by atoms with Crippen LogP contribution in [-0.2, 0) is 10.2 Å². The number of carbonyl (C=O) groups is 1. The lowest BCUT2D eigenvalue weighted by Gasteiger charge is -2.19. The Morgan fingerprint density at radius 3 is 2.36 bits per heavy atom. The fourth-order valence-electron chi connectivity index (χ4n) is 4.30. The van der Waals surface area contributed by atoms with Crippen molar-refractivity contribution >= 4 is 33.8 Å². The van der Waals surface area contributed by atoms with E-state index in [1.165, 1.54) is 27.7 Å². The average Bonchev–Trinajstić information content (AvgIpc) is 2.89. The van der Waals surface area contributed by atoms with E-state index < -0.39 is 0 Å². The Morgan fingerprint density at radius 1 is 0.964 bits per heavy atom. The van der Waals surface area contributed by atoms with Crippen molar-refractivity contribution in [2.75, 3.05) is 11.9 Å². The molecular formula is C25H25N2O+. The summed E-state index contributed by atoms with van der Waals surface area (Å²) in [4.78, 5) is 13.9. The number of hydrogen-bond acceptors (Lipinski definition) is 1. The topological polar surface area (TPSA) is 23.3 Å². The van der Waals surface area contributed by atoms with Gasteiger partial charge in [-0.25, -0.2) is 0 Å². The second-order valence-electron chi connectivity index (χ2n) is 7.79. The van der Waals surface area contributed by atoms with Gasteiger partial charge in [0.1, 0.15) is 7.05 Å². The van der Waals surface area contributed by atoms with Gasteiger partial charge < -0.3 is 0 Å². The first-order valence-electron chi connectivity index (χ1n) is 9.57. The number of anilines is 1. The van der Waals surface area contributed by atoms with Crippen molar-refractivity contribution in [2.24, 2.45) is 0 Å². The first kappa shape index (κ1) is 18.2. The quantitative estimate of drug-likeness (QED) is 0.566. The van der Waals surface area contributed by atoms with Crippen LogP contribution >= 0.6 is 0 Å². The fourth-order valence-corrected chi connectivity index (χ4v) is 4.30. The molecule has 0 atom stereocenters. The lowest BCUT2D eigenvalue weighted by molar-refractivity contribution is -0.401. The van der Waals surface area contributed by atoms with Crippen LogP contribution in [0, 0.1) is 0 Å². The Hall–Kier alpha value is -3.20. The number of rotatable bonds is 3. The minimum absolute atomic E-state index is 0.00975. The maximum atomic E-state index is 12.2. The highest BCUT2D eigenvalue weighted by molar-refractivity contribution is 6.08. The first-order valence-corrected chi connectivity index (χ1v) is 9.57. The van der Waals surface area contributed by atoms with Gasteiger partial charge in [0.15, 0.2) is 5.71 Å². The molecule has 0 spiro atoms. The monoisotopic (exact) mass is 369 g/mol. The summed E-state index contributed by atoms with van der Waals surface area (Å²) in [5, 5.41) is 2.54. The molecule has 0 N–H and O–H groups in total. The summed E-state index contributed by atoms with van der Waals surface area (Å²) in [5.74, 6) is -0.00975. The highest BCUT2D eigenvalue weighted by Gasteiger charge is 2.44. The number of hydrogen-bond donors (Lipinski definition) is 0. The highest BCUT2D eigenvalue weighted by Crippen LogP contribution is 2.43. The SMILES string of the molecule is CC(=O)N(C=CC1=[N+](C)c2ccc3ccccc3c2C1(C)C)c1ccccc1. The first-order chi connectivity index (χ1) is 13.4. The number of fused-ring (bicyclic) bond motifs is 3. The zero-order valence-corrected chi connectivity index (χ0v) is 16.8. The Kier molecular flexibility index (Phi) is 4.38. The lowest BCUT2D eigenvalue weighted by Crippen LogP contribution is -2.29. The van der Waals surface area contributed by atoms with Crippen LogP contribution in [0.3, 0.4) is 0 Å². The van der Waals surface area contributed by atoms with E-state index in [4.69, 9.17) is 0 Å². The summed E-state index contributed by atoms with van der Waals surface area (Å²) in [7, 11) is 2.10. The number of amides is 1. The molecule has 0 aliphatic carbocycles. The van der Waals surface area contributed by atoms with Crippen molar-refractivity contribution in [1.82, 2.24) is 0 Å². The minimum atomic E-state index is -0.166. The van der Waals surface area contributed by atoms with Crippen LogP contribution < -0.4 is 4.90 Å². The second kappa shape index (κ2) is 6.75. The van der Waals surface area contributed by atoms with Crippen LogP contribution in [0.4, 0.5) is 11.4 Å². The number of carbonyl (C=O) groups excluding carboxylic acids is 1. The van der Waals surface area contributed by atoms with Crippen molar-refractivity contribution in [2.45, 2.75) is 26.2 Å². The molecule has 3 aromatic rings.